The number of hydrogen-bond donors (Lipinski definition) is 1. The zero-order valence-electron chi connectivity index (χ0n) is 17.4. The molecule has 1 aromatic heterocycles. The van der Waals surface area contributed by atoms with Gasteiger partial charge in [0.1, 0.15) is 17.4 Å². The Morgan fingerprint density at radius 2 is 1.77 bits per heavy atom. The highest BCUT2D eigenvalue weighted by Crippen LogP contribution is 2.24. The summed E-state index contributed by atoms with van der Waals surface area (Å²) in [6, 6.07) is 14.2. The van der Waals surface area contributed by atoms with E-state index in [0.717, 1.165) is 0 Å². The molecule has 1 heterocycles. The summed E-state index contributed by atoms with van der Waals surface area (Å²) < 4.78 is 20.6. The lowest BCUT2D eigenvalue weighted by Gasteiger charge is -2.21. The fourth-order valence-electron chi connectivity index (χ4n) is 3.33. The highest BCUT2D eigenvalue weighted by Gasteiger charge is 2.28. The van der Waals surface area contributed by atoms with Crippen LogP contribution in [0.15, 0.2) is 63.8 Å². The molecule has 0 saturated heterocycles. The number of esters is 1. The molecule has 2 atom stereocenters. The molecular formula is C23H23NO7. The van der Waals surface area contributed by atoms with Crippen molar-refractivity contribution >= 4 is 22.8 Å². The molecule has 0 radical (unpaired) electrons. The zero-order valence-corrected chi connectivity index (χ0v) is 17.4. The maximum atomic E-state index is 12.9. The van der Waals surface area contributed by atoms with Crippen LogP contribution in [0, 0.1) is 0 Å². The summed E-state index contributed by atoms with van der Waals surface area (Å²) in [6.07, 6.45) is -0.881. The number of carbonyl (C=O) groups is 2. The van der Waals surface area contributed by atoms with Crippen molar-refractivity contribution in [2.75, 3.05) is 21.3 Å². The minimum absolute atomic E-state index is 0.0259. The number of benzene rings is 2. The lowest BCUT2D eigenvalue weighted by molar-refractivity contribution is -0.146. The number of nitrogens with one attached hydrogen (secondary N) is 1. The molecule has 0 aliphatic carbocycles. The van der Waals surface area contributed by atoms with Gasteiger partial charge in [-0.15, -0.1) is 0 Å². The van der Waals surface area contributed by atoms with Gasteiger partial charge in [-0.2, -0.15) is 0 Å². The zero-order chi connectivity index (χ0) is 22.4. The van der Waals surface area contributed by atoms with Crippen LogP contribution >= 0.6 is 0 Å². The molecule has 162 valence electrons. The van der Waals surface area contributed by atoms with Gasteiger partial charge in [-0.3, -0.25) is 4.79 Å². The molecule has 1 amide bonds. The second-order valence-electron chi connectivity index (χ2n) is 6.77. The van der Waals surface area contributed by atoms with E-state index in [1.165, 1.54) is 27.4 Å². The smallest absolute Gasteiger partial charge is 0.336 e. The van der Waals surface area contributed by atoms with Crippen molar-refractivity contribution in [2.24, 2.45) is 0 Å². The average molecular weight is 425 g/mol. The van der Waals surface area contributed by atoms with E-state index in [4.69, 9.17) is 18.6 Å². The second-order valence-corrected chi connectivity index (χ2v) is 6.77. The van der Waals surface area contributed by atoms with Gasteiger partial charge in [-0.1, -0.05) is 30.3 Å². The number of fused-ring (bicyclic) bond motifs is 1. The molecule has 0 fully saturated rings. The van der Waals surface area contributed by atoms with E-state index in [0.29, 0.717) is 27.8 Å². The summed E-state index contributed by atoms with van der Waals surface area (Å²) in [7, 11) is 4.15. The molecule has 3 aromatic rings. The van der Waals surface area contributed by atoms with Gasteiger partial charge >= 0.3 is 11.6 Å². The number of amides is 1. The Bertz CT molecular complexity index is 1120. The number of rotatable bonds is 8. The van der Waals surface area contributed by atoms with Crippen LogP contribution in [0.1, 0.15) is 17.2 Å². The number of methoxy groups -OCH3 is 3. The van der Waals surface area contributed by atoms with Gasteiger partial charge < -0.3 is 23.9 Å². The van der Waals surface area contributed by atoms with Crippen LogP contribution in [0.3, 0.4) is 0 Å². The normalized spacial score (nSPS) is 12.7. The topological polar surface area (TPSA) is 104 Å². The van der Waals surface area contributed by atoms with Gasteiger partial charge in [0.25, 0.3) is 5.91 Å². The van der Waals surface area contributed by atoms with Gasteiger partial charge in [0.05, 0.1) is 14.2 Å². The SMILES string of the molecule is COC(=O)[C@@H](Cc1cc(=O)oc2cc(OC)ccc12)NC(=O)[C@@H](OC)c1ccccc1. The van der Waals surface area contributed by atoms with E-state index in [9.17, 15) is 14.4 Å². The van der Waals surface area contributed by atoms with Crippen LogP contribution in [0.4, 0.5) is 0 Å². The Hall–Kier alpha value is -3.65. The van der Waals surface area contributed by atoms with Crippen molar-refractivity contribution in [3.63, 3.8) is 0 Å². The first-order valence-electron chi connectivity index (χ1n) is 9.53. The van der Waals surface area contributed by atoms with E-state index < -0.39 is 29.6 Å². The first-order valence-corrected chi connectivity index (χ1v) is 9.53. The number of carbonyl (C=O) groups excluding carboxylic acids is 2. The minimum Gasteiger partial charge on any atom is -0.497 e. The number of hydrogen-bond acceptors (Lipinski definition) is 7. The monoisotopic (exact) mass is 425 g/mol. The van der Waals surface area contributed by atoms with Crippen molar-refractivity contribution in [2.45, 2.75) is 18.6 Å². The maximum absolute atomic E-state index is 12.9. The molecule has 0 unspecified atom stereocenters. The molecule has 0 aliphatic rings. The van der Waals surface area contributed by atoms with Crippen LogP contribution in [-0.4, -0.2) is 39.2 Å². The Balaban J connectivity index is 1.91. The van der Waals surface area contributed by atoms with Crippen LogP contribution in [0.5, 0.6) is 5.75 Å². The third-order valence-electron chi connectivity index (χ3n) is 4.84. The van der Waals surface area contributed by atoms with E-state index in [1.807, 2.05) is 6.07 Å². The minimum atomic E-state index is -1.04. The Labute approximate surface area is 178 Å². The summed E-state index contributed by atoms with van der Waals surface area (Å²) in [5.41, 5.74) is 0.905. The van der Waals surface area contributed by atoms with E-state index in [-0.39, 0.29) is 6.42 Å². The van der Waals surface area contributed by atoms with Gasteiger partial charge in [0.2, 0.25) is 0 Å². The Kier molecular flexibility index (Phi) is 7.04. The molecular weight excluding hydrogens is 402 g/mol. The quantitative estimate of drug-likeness (QED) is 0.436. The van der Waals surface area contributed by atoms with Crippen molar-refractivity contribution in [1.82, 2.24) is 5.32 Å². The fourth-order valence-corrected chi connectivity index (χ4v) is 3.33. The highest BCUT2D eigenvalue weighted by molar-refractivity contribution is 5.89. The standard InChI is InChI=1S/C23H23NO7/c1-28-16-9-10-17-15(12-20(25)31-19(17)13-16)11-18(23(27)30-3)24-22(26)21(29-2)14-7-5-4-6-8-14/h4-10,12-13,18,21H,11H2,1-3H3,(H,24,26)/t18-,21+/m1/s1. The molecule has 8 heteroatoms. The van der Waals surface area contributed by atoms with Crippen molar-refractivity contribution in [3.8, 4) is 5.75 Å². The van der Waals surface area contributed by atoms with Gasteiger partial charge in [-0.25, -0.2) is 9.59 Å². The average Bonchev–Trinajstić information content (AvgIpc) is 2.78. The van der Waals surface area contributed by atoms with E-state index in [1.54, 1.807) is 42.5 Å². The van der Waals surface area contributed by atoms with Gasteiger partial charge in [0, 0.05) is 31.0 Å². The van der Waals surface area contributed by atoms with Crippen molar-refractivity contribution < 1.29 is 28.2 Å². The van der Waals surface area contributed by atoms with Crippen LogP contribution in [0.2, 0.25) is 0 Å². The molecule has 0 bridgehead atoms. The molecule has 2 aromatic carbocycles. The fraction of sp³-hybridized carbons (Fsp3) is 0.261. The summed E-state index contributed by atoms with van der Waals surface area (Å²) in [4.78, 5) is 37.3. The molecule has 3 rings (SSSR count). The summed E-state index contributed by atoms with van der Waals surface area (Å²) in [5.74, 6) is -0.624. The molecule has 0 spiro atoms. The maximum Gasteiger partial charge on any atom is 0.336 e. The second kappa shape index (κ2) is 9.90. The van der Waals surface area contributed by atoms with Crippen molar-refractivity contribution in [1.29, 1.82) is 0 Å². The first kappa shape index (κ1) is 22.0. The predicted octanol–water partition coefficient (Wildman–Crippen LogP) is 2.39. The Morgan fingerprint density at radius 3 is 2.42 bits per heavy atom. The lowest BCUT2D eigenvalue weighted by atomic mass is 10.0. The van der Waals surface area contributed by atoms with E-state index in [2.05, 4.69) is 5.32 Å². The molecule has 0 saturated carbocycles. The summed E-state index contributed by atoms with van der Waals surface area (Å²) >= 11 is 0. The summed E-state index contributed by atoms with van der Waals surface area (Å²) in [5, 5.41) is 3.30. The van der Waals surface area contributed by atoms with Gasteiger partial charge in [0.15, 0.2) is 6.10 Å². The van der Waals surface area contributed by atoms with Crippen LogP contribution in [-0.2, 0) is 25.5 Å². The summed E-state index contributed by atoms with van der Waals surface area (Å²) in [6.45, 7) is 0. The third-order valence-corrected chi connectivity index (χ3v) is 4.84. The lowest BCUT2D eigenvalue weighted by Crippen LogP contribution is -2.45. The third kappa shape index (κ3) is 5.10. The van der Waals surface area contributed by atoms with E-state index >= 15 is 0 Å². The first-order chi connectivity index (χ1) is 15.0. The Morgan fingerprint density at radius 1 is 1.03 bits per heavy atom. The molecule has 31 heavy (non-hydrogen) atoms. The molecule has 8 nitrogen and oxygen atoms in total. The predicted molar refractivity (Wildman–Crippen MR) is 113 cm³/mol. The van der Waals surface area contributed by atoms with Crippen LogP contribution < -0.4 is 15.7 Å². The molecule has 0 aliphatic heterocycles. The number of ether oxygens (including phenoxy) is 3. The highest BCUT2D eigenvalue weighted by atomic mass is 16.5. The van der Waals surface area contributed by atoms with Gasteiger partial charge in [-0.05, 0) is 23.3 Å². The van der Waals surface area contributed by atoms with Crippen molar-refractivity contribution in [3.05, 3.63) is 76.1 Å². The molecule has 1 N–H and O–H groups in total. The largest absolute Gasteiger partial charge is 0.497 e. The van der Waals surface area contributed by atoms with Crippen LogP contribution in [0.25, 0.3) is 11.0 Å².